The van der Waals surface area contributed by atoms with E-state index in [0.717, 1.165) is 13.7 Å². The van der Waals surface area contributed by atoms with Crippen LogP contribution in [0.2, 0.25) is 0 Å². The number of nitrogens with zero attached hydrogens (tertiary/aromatic N) is 3. The van der Waals surface area contributed by atoms with Gasteiger partial charge in [0.15, 0.2) is 4.34 Å². The fourth-order valence-electron chi connectivity index (χ4n) is 1.55. The molecule has 0 fully saturated rings. The molecule has 0 unspecified atom stereocenters. The SMILES string of the molecule is Cc1cc(=O)n2nc(Sc3ccc(Br)cc3)sc2n1. The zero-order valence-corrected chi connectivity index (χ0v) is 13.1. The van der Waals surface area contributed by atoms with Gasteiger partial charge in [0.05, 0.1) is 0 Å². The van der Waals surface area contributed by atoms with Crippen molar-refractivity contribution < 1.29 is 0 Å². The minimum absolute atomic E-state index is 0.138. The molecular weight excluding hydrogens is 346 g/mol. The Morgan fingerprint density at radius 1 is 1.32 bits per heavy atom. The quantitative estimate of drug-likeness (QED) is 0.708. The molecule has 1 aromatic carbocycles. The monoisotopic (exact) mass is 353 g/mol. The molecule has 4 nitrogen and oxygen atoms in total. The second kappa shape index (κ2) is 5.07. The Balaban J connectivity index is 2.00. The number of benzene rings is 1. The molecule has 19 heavy (non-hydrogen) atoms. The molecule has 2 heterocycles. The summed E-state index contributed by atoms with van der Waals surface area (Å²) < 4.78 is 3.19. The topological polar surface area (TPSA) is 47.3 Å². The van der Waals surface area contributed by atoms with Gasteiger partial charge in [0.25, 0.3) is 5.56 Å². The van der Waals surface area contributed by atoms with Crippen molar-refractivity contribution in [3.8, 4) is 0 Å². The lowest BCUT2D eigenvalue weighted by molar-refractivity contribution is 0.851. The lowest BCUT2D eigenvalue weighted by Gasteiger charge is -1.96. The highest BCUT2D eigenvalue weighted by atomic mass is 79.9. The Morgan fingerprint density at radius 3 is 2.79 bits per heavy atom. The molecule has 3 rings (SSSR count). The highest BCUT2D eigenvalue weighted by Crippen LogP contribution is 2.31. The van der Waals surface area contributed by atoms with Crippen LogP contribution in [0.15, 0.2) is 48.8 Å². The largest absolute Gasteiger partial charge is 0.275 e. The third-order valence-electron chi connectivity index (χ3n) is 2.37. The normalized spacial score (nSPS) is 11.1. The average Bonchev–Trinajstić information content (AvgIpc) is 2.75. The summed E-state index contributed by atoms with van der Waals surface area (Å²) in [5, 5.41) is 4.28. The van der Waals surface area contributed by atoms with Crippen LogP contribution in [0.25, 0.3) is 4.96 Å². The predicted octanol–water partition coefficient (Wildman–Crippen LogP) is 3.37. The van der Waals surface area contributed by atoms with E-state index in [0.29, 0.717) is 10.7 Å². The third-order valence-corrected chi connectivity index (χ3v) is 4.87. The average molecular weight is 354 g/mol. The molecule has 0 saturated heterocycles. The molecule has 96 valence electrons. The molecule has 0 radical (unpaired) electrons. The highest BCUT2D eigenvalue weighted by Gasteiger charge is 2.08. The van der Waals surface area contributed by atoms with Crippen molar-refractivity contribution in [1.82, 2.24) is 14.6 Å². The van der Waals surface area contributed by atoms with Gasteiger partial charge in [0.2, 0.25) is 4.96 Å². The summed E-state index contributed by atoms with van der Waals surface area (Å²) in [6.45, 7) is 1.81. The Labute approximate surface area is 125 Å². The molecule has 0 amide bonds. The third kappa shape index (κ3) is 2.72. The van der Waals surface area contributed by atoms with Gasteiger partial charge in [-0.25, -0.2) is 4.98 Å². The van der Waals surface area contributed by atoms with Gasteiger partial charge in [-0.05, 0) is 31.2 Å². The zero-order valence-electron chi connectivity index (χ0n) is 9.83. The summed E-state index contributed by atoms with van der Waals surface area (Å²) in [6.07, 6.45) is 0. The van der Waals surface area contributed by atoms with Crippen molar-refractivity contribution >= 4 is 44.0 Å². The lowest BCUT2D eigenvalue weighted by Crippen LogP contribution is -2.14. The molecule has 7 heteroatoms. The smallest absolute Gasteiger partial charge is 0.267 e. The fourth-order valence-corrected chi connectivity index (χ4v) is 3.77. The van der Waals surface area contributed by atoms with E-state index >= 15 is 0 Å². The molecule has 0 atom stereocenters. The van der Waals surface area contributed by atoms with E-state index in [1.165, 1.54) is 33.7 Å². The fraction of sp³-hybridized carbons (Fsp3) is 0.0833. The van der Waals surface area contributed by atoms with Crippen LogP contribution in [0.4, 0.5) is 0 Å². The first-order valence-electron chi connectivity index (χ1n) is 5.43. The number of aromatic nitrogens is 3. The van der Waals surface area contributed by atoms with Crippen LogP contribution in [-0.2, 0) is 0 Å². The van der Waals surface area contributed by atoms with Crippen molar-refractivity contribution in [2.45, 2.75) is 16.2 Å². The van der Waals surface area contributed by atoms with E-state index < -0.39 is 0 Å². The van der Waals surface area contributed by atoms with Crippen LogP contribution < -0.4 is 5.56 Å². The second-order valence-corrected chi connectivity index (χ2v) is 7.05. The molecule has 3 aromatic rings. The maximum absolute atomic E-state index is 11.8. The van der Waals surface area contributed by atoms with Gasteiger partial charge in [-0.1, -0.05) is 39.0 Å². The van der Waals surface area contributed by atoms with E-state index in [1.807, 2.05) is 31.2 Å². The summed E-state index contributed by atoms with van der Waals surface area (Å²) >= 11 is 6.34. The summed E-state index contributed by atoms with van der Waals surface area (Å²) in [5.74, 6) is 0. The first-order valence-corrected chi connectivity index (χ1v) is 7.85. The van der Waals surface area contributed by atoms with Crippen molar-refractivity contribution in [2.75, 3.05) is 0 Å². The van der Waals surface area contributed by atoms with Gasteiger partial charge in [-0.3, -0.25) is 4.79 Å². The van der Waals surface area contributed by atoms with E-state index in [-0.39, 0.29) is 5.56 Å². The van der Waals surface area contributed by atoms with Crippen molar-refractivity contribution in [1.29, 1.82) is 0 Å². The summed E-state index contributed by atoms with van der Waals surface area (Å²) in [7, 11) is 0. The van der Waals surface area contributed by atoms with Crippen LogP contribution in [0.1, 0.15) is 5.69 Å². The van der Waals surface area contributed by atoms with Gasteiger partial charge in [0, 0.05) is 21.1 Å². The minimum atomic E-state index is -0.138. The van der Waals surface area contributed by atoms with E-state index in [4.69, 9.17) is 0 Å². The van der Waals surface area contributed by atoms with Crippen LogP contribution >= 0.6 is 39.0 Å². The number of fused-ring (bicyclic) bond motifs is 1. The van der Waals surface area contributed by atoms with Gasteiger partial charge in [0.1, 0.15) is 0 Å². The van der Waals surface area contributed by atoms with Crippen molar-refractivity contribution in [2.24, 2.45) is 0 Å². The van der Waals surface area contributed by atoms with E-state index in [2.05, 4.69) is 26.0 Å². The van der Waals surface area contributed by atoms with Gasteiger partial charge in [-0.2, -0.15) is 4.52 Å². The number of hydrogen-bond donors (Lipinski definition) is 0. The van der Waals surface area contributed by atoms with Crippen LogP contribution in [0.3, 0.4) is 0 Å². The standard InChI is InChI=1S/C12H8BrN3OS2/c1-7-6-10(17)16-11(14-7)19-12(15-16)18-9-4-2-8(13)3-5-9/h2-6H,1H3. The Kier molecular flexibility index (Phi) is 3.42. The van der Waals surface area contributed by atoms with Gasteiger partial charge in [-0.15, -0.1) is 5.10 Å². The molecule has 2 aromatic heterocycles. The molecule has 0 aliphatic heterocycles. The van der Waals surface area contributed by atoms with E-state index in [1.54, 1.807) is 0 Å². The summed E-state index contributed by atoms with van der Waals surface area (Å²) in [5.41, 5.74) is 0.579. The molecule has 0 saturated carbocycles. The first kappa shape index (κ1) is 12.8. The Hall–Kier alpha value is -1.18. The van der Waals surface area contributed by atoms with Crippen molar-refractivity contribution in [3.63, 3.8) is 0 Å². The minimum Gasteiger partial charge on any atom is -0.267 e. The molecule has 0 aliphatic rings. The number of halogens is 1. The number of rotatable bonds is 2. The molecule has 0 N–H and O–H groups in total. The predicted molar refractivity (Wildman–Crippen MR) is 80.1 cm³/mol. The molecular formula is C12H8BrN3OS2. The summed E-state index contributed by atoms with van der Waals surface area (Å²) in [4.78, 5) is 17.8. The Bertz CT molecular complexity index is 795. The lowest BCUT2D eigenvalue weighted by atomic mass is 10.4. The van der Waals surface area contributed by atoms with Gasteiger partial charge >= 0.3 is 0 Å². The van der Waals surface area contributed by atoms with Crippen LogP contribution in [-0.4, -0.2) is 14.6 Å². The highest BCUT2D eigenvalue weighted by molar-refractivity contribution is 9.10. The molecule has 0 bridgehead atoms. The van der Waals surface area contributed by atoms with E-state index in [9.17, 15) is 4.79 Å². The number of aryl methyl sites for hydroxylation is 1. The Morgan fingerprint density at radius 2 is 2.05 bits per heavy atom. The van der Waals surface area contributed by atoms with Crippen molar-refractivity contribution in [3.05, 3.63) is 50.9 Å². The van der Waals surface area contributed by atoms with Crippen LogP contribution in [0, 0.1) is 6.92 Å². The summed E-state index contributed by atoms with van der Waals surface area (Å²) in [6, 6.07) is 9.44. The van der Waals surface area contributed by atoms with Gasteiger partial charge < -0.3 is 0 Å². The maximum Gasteiger partial charge on any atom is 0.275 e. The van der Waals surface area contributed by atoms with Crippen LogP contribution in [0.5, 0.6) is 0 Å². The number of hydrogen-bond acceptors (Lipinski definition) is 5. The first-order chi connectivity index (χ1) is 9.11. The zero-order chi connectivity index (χ0) is 13.4. The maximum atomic E-state index is 11.8. The molecule has 0 spiro atoms. The second-order valence-electron chi connectivity index (χ2n) is 3.85. The molecule has 0 aliphatic carbocycles.